The van der Waals surface area contributed by atoms with Crippen molar-refractivity contribution in [3.63, 3.8) is 0 Å². The van der Waals surface area contributed by atoms with Gasteiger partial charge in [-0.05, 0) is 0 Å². The minimum atomic E-state index is -0.740. The number of amides is 8. The molecule has 2 heterocycles. The van der Waals surface area contributed by atoms with Crippen LogP contribution in [0.2, 0.25) is 0 Å². The van der Waals surface area contributed by atoms with Crippen LogP contribution in [-0.4, -0.2) is 59.6 Å². The summed E-state index contributed by atoms with van der Waals surface area (Å²) >= 11 is 0. The Morgan fingerprint density at radius 2 is 1.15 bits per heavy atom. The van der Waals surface area contributed by atoms with E-state index >= 15 is 0 Å². The lowest BCUT2D eigenvalue weighted by Crippen LogP contribution is -2.51. The number of carbonyl (C=O) groups excluding carboxylic acids is 6. The van der Waals surface area contributed by atoms with Crippen molar-refractivity contribution in [2.24, 2.45) is 0 Å². The fourth-order valence-electron chi connectivity index (χ4n) is 1.32. The number of nitrogens with one attached hydrogen (secondary N) is 2. The molecule has 20 heavy (non-hydrogen) atoms. The first-order valence-corrected chi connectivity index (χ1v) is 5.43. The average Bonchev–Trinajstić information content (AvgIpc) is 2.33. The number of imide groups is 4. The number of urea groups is 2. The first-order valence-electron chi connectivity index (χ1n) is 5.43. The minimum absolute atomic E-state index is 0.210. The van der Waals surface area contributed by atoms with E-state index in [1.54, 1.807) is 0 Å². The van der Waals surface area contributed by atoms with E-state index in [2.05, 4.69) is 0 Å². The smallest absolute Gasteiger partial charge is 0.277 e. The van der Waals surface area contributed by atoms with E-state index in [0.29, 0.717) is 0 Å². The highest BCUT2D eigenvalue weighted by molar-refractivity contribution is 6.14. The molecule has 108 valence electrons. The van der Waals surface area contributed by atoms with Crippen LogP contribution in [0.1, 0.15) is 12.8 Å². The molecule has 0 radical (unpaired) electrons. The lowest BCUT2D eigenvalue weighted by Gasteiger charge is -2.26. The molecule has 0 spiro atoms. The van der Waals surface area contributed by atoms with Crippen molar-refractivity contribution in [2.45, 2.75) is 12.8 Å². The Kier molecular flexibility index (Phi) is 4.51. The predicted molar refractivity (Wildman–Crippen MR) is 61.9 cm³/mol. The SMILES string of the molecule is CN1C(=O)CC(=O)N(C)C1=O.O=C1CC(=O)NC(=O)N1. The van der Waals surface area contributed by atoms with Crippen LogP contribution in [0.4, 0.5) is 9.59 Å². The normalized spacial score (nSPS) is 19.3. The molecule has 0 atom stereocenters. The molecule has 10 heteroatoms. The molecule has 10 nitrogen and oxygen atoms in total. The summed E-state index contributed by atoms with van der Waals surface area (Å²) < 4.78 is 0. The molecule has 0 unspecified atom stereocenters. The van der Waals surface area contributed by atoms with Gasteiger partial charge in [0.1, 0.15) is 12.8 Å². The fraction of sp³-hybridized carbons (Fsp3) is 0.400. The van der Waals surface area contributed by atoms with Crippen molar-refractivity contribution in [1.29, 1.82) is 0 Å². The van der Waals surface area contributed by atoms with Gasteiger partial charge in [0.15, 0.2) is 0 Å². The van der Waals surface area contributed by atoms with Gasteiger partial charge >= 0.3 is 12.1 Å². The molecule has 0 aromatic carbocycles. The second-order valence-corrected chi connectivity index (χ2v) is 3.97. The van der Waals surface area contributed by atoms with Gasteiger partial charge in [-0.15, -0.1) is 0 Å². The summed E-state index contributed by atoms with van der Waals surface area (Å²) in [6, 6.07) is -1.30. The Hall–Kier alpha value is -2.78. The molecule has 2 N–H and O–H groups in total. The van der Waals surface area contributed by atoms with Gasteiger partial charge in [-0.1, -0.05) is 0 Å². The van der Waals surface area contributed by atoms with Gasteiger partial charge in [0.2, 0.25) is 23.6 Å². The van der Waals surface area contributed by atoms with Crippen LogP contribution in [0.25, 0.3) is 0 Å². The highest BCUT2D eigenvalue weighted by atomic mass is 16.2. The Morgan fingerprint density at radius 1 is 0.750 bits per heavy atom. The summed E-state index contributed by atoms with van der Waals surface area (Å²) in [6.07, 6.45) is -0.468. The van der Waals surface area contributed by atoms with E-state index in [1.807, 2.05) is 10.6 Å². The third-order valence-corrected chi connectivity index (χ3v) is 2.45. The summed E-state index contributed by atoms with van der Waals surface area (Å²) in [5, 5.41) is 3.80. The van der Waals surface area contributed by atoms with E-state index in [-0.39, 0.29) is 12.8 Å². The number of barbiturate groups is 2. The largest absolute Gasteiger partial charge is 0.332 e. The zero-order valence-corrected chi connectivity index (χ0v) is 10.8. The molecule has 2 aliphatic heterocycles. The molecule has 2 saturated heterocycles. The lowest BCUT2D eigenvalue weighted by atomic mass is 10.3. The zero-order valence-electron chi connectivity index (χ0n) is 10.8. The summed E-state index contributed by atoms with van der Waals surface area (Å²) in [6.45, 7) is 0. The number of hydrogen-bond acceptors (Lipinski definition) is 6. The van der Waals surface area contributed by atoms with E-state index < -0.39 is 35.7 Å². The quantitative estimate of drug-likeness (QED) is 0.503. The molecule has 8 amide bonds. The van der Waals surface area contributed by atoms with Crippen LogP contribution in [0.15, 0.2) is 0 Å². The van der Waals surface area contributed by atoms with Crippen LogP contribution in [0.3, 0.4) is 0 Å². The summed E-state index contributed by atoms with van der Waals surface area (Å²) in [5.41, 5.74) is 0. The third-order valence-electron chi connectivity index (χ3n) is 2.45. The standard InChI is InChI=1S/C6H8N2O3.C4H4N2O3/c1-7-4(9)3-5(10)8(2)6(7)11;7-2-1-3(8)6-4(9)5-2/h3H2,1-2H3;1H2,(H2,5,6,7,8,9). The maximum atomic E-state index is 11.0. The highest BCUT2D eigenvalue weighted by Gasteiger charge is 2.32. The van der Waals surface area contributed by atoms with Crippen LogP contribution in [0.5, 0.6) is 0 Å². The van der Waals surface area contributed by atoms with E-state index in [0.717, 1.165) is 9.80 Å². The average molecular weight is 284 g/mol. The van der Waals surface area contributed by atoms with Crippen molar-refractivity contribution in [3.05, 3.63) is 0 Å². The molecule has 0 aromatic heterocycles. The van der Waals surface area contributed by atoms with Gasteiger partial charge in [-0.3, -0.25) is 39.6 Å². The van der Waals surface area contributed by atoms with Crippen LogP contribution >= 0.6 is 0 Å². The molecule has 0 bridgehead atoms. The Bertz CT molecular complexity index is 447. The molecule has 0 saturated carbocycles. The molecule has 2 aliphatic rings. The van der Waals surface area contributed by atoms with Crippen molar-refractivity contribution in [1.82, 2.24) is 20.4 Å². The van der Waals surface area contributed by atoms with Gasteiger partial charge < -0.3 is 0 Å². The van der Waals surface area contributed by atoms with Gasteiger partial charge in [-0.25, -0.2) is 9.59 Å². The predicted octanol–water partition coefficient (Wildman–Crippen LogP) is -1.83. The monoisotopic (exact) mass is 284 g/mol. The third kappa shape index (κ3) is 3.60. The van der Waals surface area contributed by atoms with Gasteiger partial charge in [-0.2, -0.15) is 0 Å². The minimum Gasteiger partial charge on any atom is -0.277 e. The molecular weight excluding hydrogens is 272 g/mol. The van der Waals surface area contributed by atoms with Crippen molar-refractivity contribution < 1.29 is 28.8 Å². The summed E-state index contributed by atoms with van der Waals surface area (Å²) in [5.74, 6) is -2.00. The van der Waals surface area contributed by atoms with Gasteiger partial charge in [0, 0.05) is 14.1 Å². The van der Waals surface area contributed by atoms with Gasteiger partial charge in [0.25, 0.3) is 0 Å². The van der Waals surface area contributed by atoms with Crippen molar-refractivity contribution in [3.8, 4) is 0 Å². The number of nitrogens with zero attached hydrogens (tertiary/aromatic N) is 2. The van der Waals surface area contributed by atoms with Gasteiger partial charge in [0.05, 0.1) is 0 Å². The fourth-order valence-corrected chi connectivity index (χ4v) is 1.32. The lowest BCUT2D eigenvalue weighted by molar-refractivity contribution is -0.141. The second-order valence-electron chi connectivity index (χ2n) is 3.97. The Balaban J connectivity index is 0.000000204. The van der Waals surface area contributed by atoms with E-state index in [4.69, 9.17) is 0 Å². The number of hydrogen-bond donors (Lipinski definition) is 2. The maximum absolute atomic E-state index is 11.0. The molecule has 0 aliphatic carbocycles. The van der Waals surface area contributed by atoms with Crippen LogP contribution in [0, 0.1) is 0 Å². The highest BCUT2D eigenvalue weighted by Crippen LogP contribution is 2.06. The van der Waals surface area contributed by atoms with Crippen LogP contribution < -0.4 is 10.6 Å². The first-order chi connectivity index (χ1) is 9.22. The second kappa shape index (κ2) is 5.91. The molecule has 2 rings (SSSR count). The van der Waals surface area contributed by atoms with Crippen LogP contribution in [-0.2, 0) is 19.2 Å². The van der Waals surface area contributed by atoms with Crippen molar-refractivity contribution >= 4 is 35.7 Å². The summed E-state index contributed by atoms with van der Waals surface area (Å²) in [4.78, 5) is 65.3. The van der Waals surface area contributed by atoms with E-state index in [1.165, 1.54) is 14.1 Å². The maximum Gasteiger partial charge on any atom is 0.332 e. The number of rotatable bonds is 0. The Labute approximate surface area is 113 Å². The Morgan fingerprint density at radius 3 is 1.50 bits per heavy atom. The summed E-state index contributed by atoms with van der Waals surface area (Å²) in [7, 11) is 2.71. The van der Waals surface area contributed by atoms with Crippen molar-refractivity contribution in [2.75, 3.05) is 14.1 Å². The number of carbonyl (C=O) groups is 6. The van der Waals surface area contributed by atoms with E-state index in [9.17, 15) is 28.8 Å². The molecule has 0 aromatic rings. The molecular formula is C10H12N4O6. The molecule has 2 fully saturated rings. The topological polar surface area (TPSA) is 133 Å². The first kappa shape index (κ1) is 15.3. The zero-order chi connectivity index (χ0) is 15.4.